The average Bonchev–Trinajstić information content (AvgIpc) is 2.41. The highest BCUT2D eigenvalue weighted by Gasteiger charge is 2.25. The van der Waals surface area contributed by atoms with Crippen LogP contribution in [0.3, 0.4) is 0 Å². The van der Waals surface area contributed by atoms with Gasteiger partial charge in [0.15, 0.2) is 0 Å². The quantitative estimate of drug-likeness (QED) is 0.648. The summed E-state index contributed by atoms with van der Waals surface area (Å²) in [6, 6.07) is -0.312. The normalized spacial score (nSPS) is 11.6. The predicted octanol–water partition coefficient (Wildman–Crippen LogP) is 2.34. The molecule has 1 amide bonds. The Morgan fingerprint density at radius 3 is 2.38 bits per heavy atom. The van der Waals surface area contributed by atoms with E-state index in [1.165, 1.54) is 6.08 Å². The third kappa shape index (κ3) is 4.34. The van der Waals surface area contributed by atoms with Gasteiger partial charge in [-0.3, -0.25) is 4.79 Å². The molecule has 0 fully saturated rings. The topological polar surface area (TPSA) is 55.4 Å². The van der Waals surface area contributed by atoms with E-state index in [0.717, 1.165) is 7.11 Å². The first-order valence-electron chi connectivity index (χ1n) is 6.04. The van der Waals surface area contributed by atoms with Gasteiger partial charge in [0.25, 0.3) is 5.91 Å². The molecule has 1 rings (SSSR count). The van der Waals surface area contributed by atoms with Gasteiger partial charge >= 0.3 is 5.97 Å². The van der Waals surface area contributed by atoms with E-state index >= 15 is 0 Å². The third-order valence-corrected chi connectivity index (χ3v) is 2.68. The molecule has 0 aliphatic rings. The van der Waals surface area contributed by atoms with Gasteiger partial charge in [0, 0.05) is 12.1 Å². The van der Waals surface area contributed by atoms with Crippen molar-refractivity contribution in [1.82, 2.24) is 5.32 Å². The molecule has 0 bridgehead atoms. The Morgan fingerprint density at radius 2 is 1.90 bits per heavy atom. The van der Waals surface area contributed by atoms with E-state index in [-0.39, 0.29) is 6.42 Å². The highest BCUT2D eigenvalue weighted by Crippen LogP contribution is 2.15. The highest BCUT2D eigenvalue weighted by atomic mass is 19.1. The first-order valence-corrected chi connectivity index (χ1v) is 6.04. The van der Waals surface area contributed by atoms with Gasteiger partial charge in [-0.1, -0.05) is 6.08 Å². The minimum atomic E-state index is -1.35. The number of allylic oxidation sites excluding steroid dienone is 1. The van der Waals surface area contributed by atoms with Crippen molar-refractivity contribution in [3.8, 4) is 0 Å². The number of carbonyl (C=O) groups excluding carboxylic acids is 2. The molecule has 0 radical (unpaired) electrons. The van der Waals surface area contributed by atoms with Crippen LogP contribution in [0.1, 0.15) is 23.2 Å². The van der Waals surface area contributed by atoms with Crippen molar-refractivity contribution in [3.05, 3.63) is 47.8 Å². The monoisotopic (exact) mass is 301 g/mol. The molecule has 0 heterocycles. The van der Waals surface area contributed by atoms with E-state index in [2.05, 4.69) is 16.6 Å². The lowest BCUT2D eigenvalue weighted by molar-refractivity contribution is -0.143. The summed E-state index contributed by atoms with van der Waals surface area (Å²) in [4.78, 5) is 23.3. The second-order valence-corrected chi connectivity index (χ2v) is 4.16. The molecule has 7 heteroatoms. The number of rotatable bonds is 6. The molecular weight excluding hydrogens is 287 g/mol. The van der Waals surface area contributed by atoms with E-state index in [4.69, 9.17) is 0 Å². The van der Waals surface area contributed by atoms with Crippen LogP contribution in [0.5, 0.6) is 0 Å². The van der Waals surface area contributed by atoms with E-state index in [1.54, 1.807) is 0 Å². The van der Waals surface area contributed by atoms with Gasteiger partial charge in [-0.05, 0) is 12.8 Å². The fourth-order valence-electron chi connectivity index (χ4n) is 1.67. The summed E-state index contributed by atoms with van der Waals surface area (Å²) in [6.45, 7) is 3.47. The molecular formula is C14H14F3NO3. The Hall–Kier alpha value is -2.31. The third-order valence-electron chi connectivity index (χ3n) is 2.68. The van der Waals surface area contributed by atoms with Gasteiger partial charge in [0.2, 0.25) is 0 Å². The minimum Gasteiger partial charge on any atom is -0.467 e. The molecule has 0 unspecified atom stereocenters. The van der Waals surface area contributed by atoms with Gasteiger partial charge in [-0.15, -0.1) is 6.58 Å². The molecule has 0 saturated heterocycles. The lowest BCUT2D eigenvalue weighted by Gasteiger charge is -2.16. The largest absolute Gasteiger partial charge is 0.467 e. The predicted molar refractivity (Wildman–Crippen MR) is 69.0 cm³/mol. The molecule has 114 valence electrons. The second kappa shape index (κ2) is 7.47. The zero-order valence-corrected chi connectivity index (χ0v) is 11.3. The number of nitrogens with one attached hydrogen (secondary N) is 1. The van der Waals surface area contributed by atoms with Crippen LogP contribution in [0.2, 0.25) is 0 Å². The summed E-state index contributed by atoms with van der Waals surface area (Å²) in [5.41, 5.74) is -0.955. The fourth-order valence-corrected chi connectivity index (χ4v) is 1.67. The summed E-state index contributed by atoms with van der Waals surface area (Å²) in [6.07, 6.45) is 2.06. The SMILES string of the molecule is C=CCC[C@@H](NC(=O)c1c(F)cc(F)cc1F)C(=O)OC. The molecule has 1 N–H and O–H groups in total. The average molecular weight is 301 g/mol. The van der Waals surface area contributed by atoms with E-state index in [1.807, 2.05) is 0 Å². The zero-order chi connectivity index (χ0) is 16.0. The summed E-state index contributed by atoms with van der Waals surface area (Å²) < 4.78 is 44.2. The Kier molecular flexibility index (Phi) is 5.95. The molecule has 1 atom stereocenters. The van der Waals surface area contributed by atoms with Crippen molar-refractivity contribution in [2.24, 2.45) is 0 Å². The fraction of sp³-hybridized carbons (Fsp3) is 0.286. The zero-order valence-electron chi connectivity index (χ0n) is 11.3. The van der Waals surface area contributed by atoms with Crippen molar-refractivity contribution in [2.45, 2.75) is 18.9 Å². The molecule has 0 saturated carbocycles. The number of benzene rings is 1. The highest BCUT2D eigenvalue weighted by molar-refractivity contribution is 5.97. The number of amides is 1. The lowest BCUT2D eigenvalue weighted by atomic mass is 10.1. The van der Waals surface area contributed by atoms with Crippen LogP contribution in [0.15, 0.2) is 24.8 Å². The van der Waals surface area contributed by atoms with Crippen LogP contribution < -0.4 is 5.32 Å². The van der Waals surface area contributed by atoms with E-state index in [9.17, 15) is 22.8 Å². The Morgan fingerprint density at radius 1 is 1.33 bits per heavy atom. The van der Waals surface area contributed by atoms with Gasteiger partial charge in [0.1, 0.15) is 29.1 Å². The van der Waals surface area contributed by atoms with Crippen molar-refractivity contribution >= 4 is 11.9 Å². The van der Waals surface area contributed by atoms with Gasteiger partial charge < -0.3 is 10.1 Å². The summed E-state index contributed by atoms with van der Waals surface area (Å²) in [7, 11) is 1.12. The molecule has 0 spiro atoms. The number of halogens is 3. The van der Waals surface area contributed by atoms with Crippen LogP contribution in [0, 0.1) is 17.5 Å². The van der Waals surface area contributed by atoms with Gasteiger partial charge in [0.05, 0.1) is 7.11 Å². The van der Waals surface area contributed by atoms with Crippen LogP contribution in [0.4, 0.5) is 13.2 Å². The van der Waals surface area contributed by atoms with Crippen molar-refractivity contribution < 1.29 is 27.5 Å². The maximum atomic E-state index is 13.5. The Balaban J connectivity index is 2.96. The number of ether oxygens (including phenoxy) is 1. The number of esters is 1. The van der Waals surface area contributed by atoms with Gasteiger partial charge in [-0.25, -0.2) is 18.0 Å². The smallest absolute Gasteiger partial charge is 0.328 e. The minimum absolute atomic E-state index is 0.159. The van der Waals surface area contributed by atoms with Crippen molar-refractivity contribution in [3.63, 3.8) is 0 Å². The molecule has 4 nitrogen and oxygen atoms in total. The molecule has 1 aromatic carbocycles. The van der Waals surface area contributed by atoms with E-state index in [0.29, 0.717) is 18.6 Å². The molecule has 21 heavy (non-hydrogen) atoms. The lowest BCUT2D eigenvalue weighted by Crippen LogP contribution is -2.42. The van der Waals surface area contributed by atoms with Crippen LogP contribution in [0.25, 0.3) is 0 Å². The standard InChI is InChI=1S/C14H14F3NO3/c1-3-4-5-11(14(20)21-2)18-13(19)12-9(16)6-8(15)7-10(12)17/h3,6-7,11H,1,4-5H2,2H3,(H,18,19)/t11-/m1/s1. The van der Waals surface area contributed by atoms with E-state index < -0.39 is 40.9 Å². The van der Waals surface area contributed by atoms with Crippen LogP contribution in [-0.2, 0) is 9.53 Å². The Labute approximate surface area is 119 Å². The number of hydrogen-bond donors (Lipinski definition) is 1. The summed E-state index contributed by atoms with van der Waals surface area (Å²) >= 11 is 0. The molecule has 0 aliphatic carbocycles. The van der Waals surface area contributed by atoms with Crippen LogP contribution >= 0.6 is 0 Å². The van der Waals surface area contributed by atoms with Crippen molar-refractivity contribution in [1.29, 1.82) is 0 Å². The summed E-state index contributed by atoms with van der Waals surface area (Å²) in [5.74, 6) is -5.76. The first-order chi connectivity index (χ1) is 9.90. The number of carbonyl (C=O) groups is 2. The second-order valence-electron chi connectivity index (χ2n) is 4.16. The number of hydrogen-bond acceptors (Lipinski definition) is 3. The first kappa shape index (κ1) is 16.7. The summed E-state index contributed by atoms with van der Waals surface area (Å²) in [5, 5.41) is 2.16. The Bertz CT molecular complexity index is 537. The molecule has 0 aliphatic heterocycles. The van der Waals surface area contributed by atoms with Crippen LogP contribution in [-0.4, -0.2) is 25.0 Å². The number of methoxy groups -OCH3 is 1. The molecule has 0 aromatic heterocycles. The maximum Gasteiger partial charge on any atom is 0.328 e. The van der Waals surface area contributed by atoms with Crippen molar-refractivity contribution in [2.75, 3.05) is 7.11 Å². The maximum absolute atomic E-state index is 13.5. The van der Waals surface area contributed by atoms with Gasteiger partial charge in [-0.2, -0.15) is 0 Å². The molecule has 1 aromatic rings.